The van der Waals surface area contributed by atoms with Crippen molar-refractivity contribution < 1.29 is 17.2 Å². The molecular formula is C20H24F2N6O2S. The van der Waals surface area contributed by atoms with E-state index in [9.17, 15) is 17.2 Å². The molecule has 3 aromatic heterocycles. The van der Waals surface area contributed by atoms with Gasteiger partial charge in [-0.2, -0.15) is 5.10 Å². The quantitative estimate of drug-likeness (QED) is 0.621. The third kappa shape index (κ3) is 4.82. The molecule has 1 atom stereocenters. The summed E-state index contributed by atoms with van der Waals surface area (Å²) >= 11 is 0. The molecule has 1 aliphatic heterocycles. The van der Waals surface area contributed by atoms with Crippen molar-refractivity contribution in [3.05, 3.63) is 41.9 Å². The third-order valence-electron chi connectivity index (χ3n) is 5.44. The highest BCUT2D eigenvalue weighted by molar-refractivity contribution is 7.88. The van der Waals surface area contributed by atoms with E-state index in [1.807, 2.05) is 13.0 Å². The molecule has 0 spiro atoms. The second-order valence-electron chi connectivity index (χ2n) is 7.90. The normalized spacial score (nSPS) is 17.6. The predicted molar refractivity (Wildman–Crippen MR) is 114 cm³/mol. The number of rotatable bonds is 6. The Morgan fingerprint density at radius 2 is 2.06 bits per heavy atom. The number of hydrogen-bond acceptors (Lipinski definition) is 6. The maximum atomic E-state index is 13.1. The molecule has 0 saturated carbocycles. The first-order valence-corrected chi connectivity index (χ1v) is 11.9. The number of anilines is 1. The zero-order chi connectivity index (χ0) is 22.2. The van der Waals surface area contributed by atoms with Gasteiger partial charge in [0, 0.05) is 31.5 Å². The van der Waals surface area contributed by atoms with E-state index < -0.39 is 16.4 Å². The van der Waals surface area contributed by atoms with Crippen molar-refractivity contribution in [2.24, 2.45) is 5.92 Å². The van der Waals surface area contributed by atoms with Crippen LogP contribution in [0, 0.1) is 12.8 Å². The van der Waals surface area contributed by atoms with Gasteiger partial charge in [0.15, 0.2) is 5.65 Å². The first-order chi connectivity index (χ1) is 14.7. The molecule has 0 aromatic carbocycles. The molecule has 1 N–H and O–H groups in total. The van der Waals surface area contributed by atoms with Gasteiger partial charge in [-0.25, -0.2) is 31.4 Å². The van der Waals surface area contributed by atoms with Gasteiger partial charge in [-0.1, -0.05) is 0 Å². The number of nitrogens with one attached hydrogen (secondary N) is 1. The molecule has 31 heavy (non-hydrogen) atoms. The number of piperidine rings is 1. The highest BCUT2D eigenvalue weighted by Gasteiger charge is 2.23. The fourth-order valence-corrected chi connectivity index (χ4v) is 4.43. The SMILES string of the molecule is Cc1cnc(-c2cnc3ccc(C(F)F)nn23)cc1N1CCCC(CNS(C)(=O)=O)C1. The number of sulfonamides is 1. The number of halogens is 2. The molecule has 8 nitrogen and oxygen atoms in total. The molecule has 3 aromatic rings. The van der Waals surface area contributed by atoms with E-state index in [1.165, 1.54) is 16.6 Å². The van der Waals surface area contributed by atoms with E-state index >= 15 is 0 Å². The third-order valence-corrected chi connectivity index (χ3v) is 6.13. The number of pyridine rings is 1. The van der Waals surface area contributed by atoms with Crippen LogP contribution in [-0.4, -0.2) is 53.9 Å². The zero-order valence-corrected chi connectivity index (χ0v) is 18.1. The molecule has 1 saturated heterocycles. The lowest BCUT2D eigenvalue weighted by molar-refractivity contribution is 0.144. The van der Waals surface area contributed by atoms with Crippen molar-refractivity contribution in [2.45, 2.75) is 26.2 Å². The predicted octanol–water partition coefficient (Wildman–Crippen LogP) is 2.80. The van der Waals surface area contributed by atoms with Gasteiger partial charge in [-0.3, -0.25) is 4.98 Å². The molecule has 166 valence electrons. The topological polar surface area (TPSA) is 92.5 Å². The summed E-state index contributed by atoms with van der Waals surface area (Å²) in [7, 11) is -3.23. The standard InChI is InChI=1S/C20H24F2N6O2S/c1-13-9-23-16(18-11-24-19-6-5-15(20(21)22)26-28(18)19)8-17(13)27-7-3-4-14(12-27)10-25-31(2,29)30/h5-6,8-9,11,14,20,25H,3-4,7,10,12H2,1-2H3. The van der Waals surface area contributed by atoms with Crippen molar-refractivity contribution in [1.82, 2.24) is 24.3 Å². The van der Waals surface area contributed by atoms with E-state index in [-0.39, 0.29) is 11.6 Å². The van der Waals surface area contributed by atoms with Crippen LogP contribution in [-0.2, 0) is 10.0 Å². The Labute approximate surface area is 179 Å². The van der Waals surface area contributed by atoms with E-state index in [2.05, 4.69) is 24.7 Å². The molecular weight excluding hydrogens is 426 g/mol. The van der Waals surface area contributed by atoms with Crippen LogP contribution in [0.2, 0.25) is 0 Å². The van der Waals surface area contributed by atoms with Gasteiger partial charge in [-0.05, 0) is 49.4 Å². The van der Waals surface area contributed by atoms with Gasteiger partial charge < -0.3 is 4.90 Å². The van der Waals surface area contributed by atoms with Crippen LogP contribution in [0.3, 0.4) is 0 Å². The van der Waals surface area contributed by atoms with Gasteiger partial charge in [0.2, 0.25) is 10.0 Å². The van der Waals surface area contributed by atoms with Crippen LogP contribution in [0.5, 0.6) is 0 Å². The van der Waals surface area contributed by atoms with Gasteiger partial charge in [-0.15, -0.1) is 0 Å². The van der Waals surface area contributed by atoms with E-state index in [4.69, 9.17) is 0 Å². The van der Waals surface area contributed by atoms with Gasteiger partial charge in [0.25, 0.3) is 6.43 Å². The Morgan fingerprint density at radius 3 is 2.81 bits per heavy atom. The lowest BCUT2D eigenvalue weighted by Crippen LogP contribution is -2.41. The minimum atomic E-state index is -3.23. The fourth-order valence-electron chi connectivity index (χ4n) is 3.89. The minimum Gasteiger partial charge on any atom is -0.371 e. The van der Waals surface area contributed by atoms with Crippen molar-refractivity contribution >= 4 is 21.4 Å². The summed E-state index contributed by atoms with van der Waals surface area (Å²) < 4.78 is 53.1. The average Bonchev–Trinajstić information content (AvgIpc) is 3.15. The molecule has 1 aliphatic rings. The smallest absolute Gasteiger partial charge is 0.282 e. The number of hydrogen-bond donors (Lipinski definition) is 1. The highest BCUT2D eigenvalue weighted by Crippen LogP contribution is 2.30. The Hall–Kier alpha value is -2.66. The summed E-state index contributed by atoms with van der Waals surface area (Å²) in [4.78, 5) is 11.0. The molecule has 11 heteroatoms. The van der Waals surface area contributed by atoms with Gasteiger partial charge in [0.05, 0.1) is 18.1 Å². The fraction of sp³-hybridized carbons (Fsp3) is 0.450. The lowest BCUT2D eigenvalue weighted by Gasteiger charge is -2.35. The van der Waals surface area contributed by atoms with E-state index in [1.54, 1.807) is 12.4 Å². The maximum Gasteiger partial charge on any atom is 0.282 e. The largest absolute Gasteiger partial charge is 0.371 e. The number of imidazole rings is 1. The van der Waals surface area contributed by atoms with E-state index in [0.717, 1.165) is 36.9 Å². The Kier molecular flexibility index (Phi) is 5.89. The average molecular weight is 451 g/mol. The van der Waals surface area contributed by atoms with Crippen LogP contribution in [0.25, 0.3) is 17.0 Å². The number of nitrogens with zero attached hydrogens (tertiary/aromatic N) is 5. The minimum absolute atomic E-state index is 0.200. The molecule has 0 aliphatic carbocycles. The first kappa shape index (κ1) is 21.6. The monoisotopic (exact) mass is 450 g/mol. The van der Waals surface area contributed by atoms with Crippen LogP contribution < -0.4 is 9.62 Å². The highest BCUT2D eigenvalue weighted by atomic mass is 32.2. The Morgan fingerprint density at radius 1 is 1.26 bits per heavy atom. The summed E-state index contributed by atoms with van der Waals surface area (Å²) in [5.74, 6) is 0.200. The number of alkyl halides is 2. The molecule has 1 fully saturated rings. The van der Waals surface area contributed by atoms with Crippen LogP contribution >= 0.6 is 0 Å². The zero-order valence-electron chi connectivity index (χ0n) is 17.3. The van der Waals surface area contributed by atoms with Crippen molar-refractivity contribution in [2.75, 3.05) is 30.8 Å². The number of fused-ring (bicyclic) bond motifs is 1. The summed E-state index contributed by atoms with van der Waals surface area (Å²) in [6.45, 7) is 3.93. The molecule has 4 rings (SSSR count). The van der Waals surface area contributed by atoms with Crippen LogP contribution in [0.4, 0.5) is 14.5 Å². The first-order valence-electron chi connectivity index (χ1n) is 10.0. The second kappa shape index (κ2) is 8.46. The summed E-state index contributed by atoms with van der Waals surface area (Å²) in [6.07, 6.45) is 3.71. The maximum absolute atomic E-state index is 13.1. The summed E-state index contributed by atoms with van der Waals surface area (Å²) in [5, 5.41) is 4.02. The van der Waals surface area contributed by atoms with Crippen LogP contribution in [0.15, 0.2) is 30.6 Å². The molecule has 1 unspecified atom stereocenters. The summed E-state index contributed by atoms with van der Waals surface area (Å²) in [5.41, 5.74) is 3.23. The lowest BCUT2D eigenvalue weighted by atomic mass is 9.97. The van der Waals surface area contributed by atoms with Crippen LogP contribution in [0.1, 0.15) is 30.5 Å². The summed E-state index contributed by atoms with van der Waals surface area (Å²) in [6, 6.07) is 4.70. The van der Waals surface area contributed by atoms with Crippen molar-refractivity contribution in [3.63, 3.8) is 0 Å². The molecule has 0 amide bonds. The van der Waals surface area contributed by atoms with Crippen molar-refractivity contribution in [3.8, 4) is 11.4 Å². The van der Waals surface area contributed by atoms with Gasteiger partial charge in [0.1, 0.15) is 11.4 Å². The molecule has 0 bridgehead atoms. The Bertz CT molecular complexity index is 1200. The van der Waals surface area contributed by atoms with Crippen molar-refractivity contribution in [1.29, 1.82) is 0 Å². The number of aryl methyl sites for hydroxylation is 1. The second-order valence-corrected chi connectivity index (χ2v) is 9.74. The molecule has 4 heterocycles. The Balaban J connectivity index is 1.63. The van der Waals surface area contributed by atoms with Gasteiger partial charge >= 0.3 is 0 Å². The van der Waals surface area contributed by atoms with E-state index in [0.29, 0.717) is 30.1 Å². The number of aromatic nitrogens is 4. The molecule has 0 radical (unpaired) electrons.